The van der Waals surface area contributed by atoms with Crippen molar-refractivity contribution in [2.24, 2.45) is 5.92 Å². The number of hydrogen-bond donors (Lipinski definition) is 2. The van der Waals surface area contributed by atoms with Crippen molar-refractivity contribution in [2.75, 3.05) is 20.8 Å². The van der Waals surface area contributed by atoms with Crippen molar-refractivity contribution in [3.63, 3.8) is 0 Å². The molecule has 1 aliphatic carbocycles. The Labute approximate surface area is 171 Å². The van der Waals surface area contributed by atoms with Crippen LogP contribution in [0.4, 0.5) is 4.79 Å². The van der Waals surface area contributed by atoms with Crippen LogP contribution in [0, 0.1) is 5.92 Å². The van der Waals surface area contributed by atoms with Crippen molar-refractivity contribution in [3.05, 3.63) is 23.8 Å². The number of carbonyl (C=O) groups excluding carboxylic acids is 3. The molecule has 1 saturated carbocycles. The third-order valence-corrected chi connectivity index (χ3v) is 5.11. The fourth-order valence-electron chi connectivity index (χ4n) is 3.40. The van der Waals surface area contributed by atoms with Gasteiger partial charge in [0.2, 0.25) is 0 Å². The Bertz CT molecular complexity index is 721. The molecule has 0 spiro atoms. The quantitative estimate of drug-likeness (QED) is 0.643. The van der Waals surface area contributed by atoms with E-state index in [-0.39, 0.29) is 12.5 Å². The number of esters is 1. The molecule has 160 valence electrons. The molecule has 3 amide bonds. The lowest BCUT2D eigenvalue weighted by atomic mass is 9.86. The zero-order chi connectivity index (χ0) is 21.2. The van der Waals surface area contributed by atoms with Crippen LogP contribution < -0.4 is 20.1 Å². The van der Waals surface area contributed by atoms with Crippen LogP contribution in [0.15, 0.2) is 18.2 Å². The van der Waals surface area contributed by atoms with Gasteiger partial charge in [0.15, 0.2) is 18.1 Å². The van der Waals surface area contributed by atoms with E-state index >= 15 is 0 Å². The highest BCUT2D eigenvalue weighted by Gasteiger charge is 2.23. The molecule has 1 aliphatic rings. The van der Waals surface area contributed by atoms with E-state index in [0.29, 0.717) is 23.8 Å². The molecule has 1 aromatic carbocycles. The minimum absolute atomic E-state index is 0.0700. The van der Waals surface area contributed by atoms with Crippen LogP contribution in [0.2, 0.25) is 0 Å². The Morgan fingerprint density at radius 2 is 1.79 bits per heavy atom. The molecular weight excluding hydrogens is 376 g/mol. The van der Waals surface area contributed by atoms with Gasteiger partial charge in [-0.05, 0) is 42.9 Å². The van der Waals surface area contributed by atoms with Crippen molar-refractivity contribution >= 4 is 17.9 Å². The van der Waals surface area contributed by atoms with Crippen LogP contribution in [-0.2, 0) is 20.7 Å². The van der Waals surface area contributed by atoms with Gasteiger partial charge in [-0.25, -0.2) is 4.79 Å². The van der Waals surface area contributed by atoms with E-state index in [4.69, 9.17) is 14.2 Å². The molecule has 0 aliphatic heterocycles. The van der Waals surface area contributed by atoms with Crippen molar-refractivity contribution in [3.8, 4) is 11.5 Å². The predicted molar refractivity (Wildman–Crippen MR) is 107 cm³/mol. The third-order valence-electron chi connectivity index (χ3n) is 5.11. The Kier molecular flexibility index (Phi) is 8.76. The molecule has 2 N–H and O–H groups in total. The molecule has 1 aromatic rings. The minimum Gasteiger partial charge on any atom is -0.493 e. The predicted octanol–water partition coefficient (Wildman–Crippen LogP) is 2.58. The lowest BCUT2D eigenvalue weighted by molar-refractivity contribution is -0.148. The smallest absolute Gasteiger partial charge is 0.321 e. The largest absolute Gasteiger partial charge is 0.493 e. The Morgan fingerprint density at radius 3 is 2.48 bits per heavy atom. The van der Waals surface area contributed by atoms with Gasteiger partial charge >= 0.3 is 12.0 Å². The molecule has 2 atom stereocenters. The fourth-order valence-corrected chi connectivity index (χ4v) is 3.40. The molecule has 2 rings (SSSR count). The fraction of sp³-hybridized carbons (Fsp3) is 0.571. The van der Waals surface area contributed by atoms with Crippen LogP contribution >= 0.6 is 0 Å². The van der Waals surface area contributed by atoms with E-state index in [1.807, 2.05) is 6.07 Å². The number of aryl methyl sites for hydroxylation is 1. The van der Waals surface area contributed by atoms with Gasteiger partial charge in [-0.15, -0.1) is 0 Å². The first-order valence-corrected chi connectivity index (χ1v) is 9.89. The number of amides is 3. The summed E-state index contributed by atoms with van der Waals surface area (Å²) < 4.78 is 15.4. The summed E-state index contributed by atoms with van der Waals surface area (Å²) in [7, 11) is 3.09. The van der Waals surface area contributed by atoms with E-state index in [9.17, 15) is 14.4 Å². The second-order valence-corrected chi connectivity index (χ2v) is 7.24. The molecule has 0 saturated heterocycles. The standard InChI is InChI=1S/C21H30N2O6/c1-14-6-4-5-7-16(14)22-21(26)23-19(24)13-29-20(25)11-9-15-8-10-17(27-2)18(12-15)28-3/h8,10,12,14,16H,4-7,9,11,13H2,1-3H3,(H2,22,23,24,26)/t14-,16+/m0/s1. The average Bonchev–Trinajstić information content (AvgIpc) is 2.72. The van der Waals surface area contributed by atoms with Crippen LogP contribution in [0.1, 0.15) is 44.6 Å². The monoisotopic (exact) mass is 406 g/mol. The Balaban J connectivity index is 1.69. The molecule has 0 bridgehead atoms. The van der Waals surface area contributed by atoms with Crippen LogP contribution in [-0.4, -0.2) is 44.8 Å². The number of rotatable bonds is 8. The Hall–Kier alpha value is -2.77. The molecule has 0 heterocycles. The summed E-state index contributed by atoms with van der Waals surface area (Å²) in [5.41, 5.74) is 0.880. The first kappa shape index (κ1) is 22.5. The summed E-state index contributed by atoms with van der Waals surface area (Å²) in [4.78, 5) is 35.6. The summed E-state index contributed by atoms with van der Waals surface area (Å²) in [5, 5.41) is 5.03. The van der Waals surface area contributed by atoms with E-state index in [2.05, 4.69) is 17.6 Å². The summed E-state index contributed by atoms with van der Waals surface area (Å²) in [6, 6.07) is 4.90. The minimum atomic E-state index is -0.648. The summed E-state index contributed by atoms with van der Waals surface area (Å²) in [6.07, 6.45) is 4.75. The molecule has 1 fully saturated rings. The number of hydrogen-bond acceptors (Lipinski definition) is 6. The maximum atomic E-state index is 11.9. The van der Waals surface area contributed by atoms with Crippen molar-refractivity contribution in [2.45, 2.75) is 51.5 Å². The second-order valence-electron chi connectivity index (χ2n) is 7.24. The van der Waals surface area contributed by atoms with E-state index in [1.54, 1.807) is 26.4 Å². The van der Waals surface area contributed by atoms with Crippen molar-refractivity contribution in [1.82, 2.24) is 10.6 Å². The number of carbonyl (C=O) groups is 3. The van der Waals surface area contributed by atoms with E-state index in [1.165, 1.54) is 6.42 Å². The SMILES string of the molecule is COc1ccc(CCC(=O)OCC(=O)NC(=O)N[C@@H]2CCCC[C@@H]2C)cc1OC. The highest BCUT2D eigenvalue weighted by Crippen LogP contribution is 2.28. The molecule has 0 unspecified atom stereocenters. The van der Waals surface area contributed by atoms with Gasteiger partial charge in [-0.2, -0.15) is 0 Å². The number of urea groups is 1. The van der Waals surface area contributed by atoms with Gasteiger partial charge in [0.25, 0.3) is 5.91 Å². The van der Waals surface area contributed by atoms with Crippen molar-refractivity contribution in [1.29, 1.82) is 0 Å². The number of methoxy groups -OCH3 is 2. The zero-order valence-electron chi connectivity index (χ0n) is 17.3. The maximum Gasteiger partial charge on any atom is 0.321 e. The van der Waals surface area contributed by atoms with Gasteiger partial charge in [0, 0.05) is 12.5 Å². The van der Waals surface area contributed by atoms with Crippen molar-refractivity contribution < 1.29 is 28.6 Å². The van der Waals surface area contributed by atoms with Gasteiger partial charge < -0.3 is 19.5 Å². The molecule has 8 nitrogen and oxygen atoms in total. The normalized spacial score (nSPS) is 18.4. The number of ether oxygens (including phenoxy) is 3. The summed E-state index contributed by atoms with van der Waals surface area (Å²) in [5.74, 6) is 0.410. The highest BCUT2D eigenvalue weighted by atomic mass is 16.5. The third kappa shape index (κ3) is 7.29. The summed E-state index contributed by atoms with van der Waals surface area (Å²) >= 11 is 0. The topological polar surface area (TPSA) is 103 Å². The van der Waals surface area contributed by atoms with Gasteiger partial charge in [0.05, 0.1) is 14.2 Å². The highest BCUT2D eigenvalue weighted by molar-refractivity contribution is 5.95. The van der Waals surface area contributed by atoms with Gasteiger partial charge in [-0.1, -0.05) is 25.8 Å². The first-order chi connectivity index (χ1) is 13.9. The maximum absolute atomic E-state index is 11.9. The van der Waals surface area contributed by atoms with Gasteiger partial charge in [0.1, 0.15) is 0 Å². The molecule has 29 heavy (non-hydrogen) atoms. The second kappa shape index (κ2) is 11.3. The van der Waals surface area contributed by atoms with Gasteiger partial charge in [-0.3, -0.25) is 14.9 Å². The Morgan fingerprint density at radius 1 is 1.07 bits per heavy atom. The number of nitrogens with one attached hydrogen (secondary N) is 2. The number of benzene rings is 1. The van der Waals surface area contributed by atoms with Crippen LogP contribution in [0.3, 0.4) is 0 Å². The van der Waals surface area contributed by atoms with Crippen LogP contribution in [0.5, 0.6) is 11.5 Å². The lowest BCUT2D eigenvalue weighted by Gasteiger charge is -2.29. The summed E-state index contributed by atoms with van der Waals surface area (Å²) in [6.45, 7) is 1.60. The molecular formula is C21H30N2O6. The number of imide groups is 1. The van der Waals surface area contributed by atoms with E-state index < -0.39 is 24.5 Å². The average molecular weight is 406 g/mol. The van der Waals surface area contributed by atoms with E-state index in [0.717, 1.165) is 24.8 Å². The lowest BCUT2D eigenvalue weighted by Crippen LogP contribution is -2.48. The first-order valence-electron chi connectivity index (χ1n) is 9.89. The molecule has 0 aromatic heterocycles. The molecule has 0 radical (unpaired) electrons. The van der Waals surface area contributed by atoms with Crippen LogP contribution in [0.25, 0.3) is 0 Å². The zero-order valence-corrected chi connectivity index (χ0v) is 17.3. The molecule has 8 heteroatoms.